The highest BCUT2D eigenvalue weighted by Crippen LogP contribution is 2.47. The van der Waals surface area contributed by atoms with Crippen molar-refractivity contribution in [1.29, 1.82) is 0 Å². The van der Waals surface area contributed by atoms with Crippen LogP contribution in [0.1, 0.15) is 36.0 Å². The number of aliphatic hydroxyl groups excluding tert-OH is 1. The van der Waals surface area contributed by atoms with Gasteiger partial charge < -0.3 is 28.6 Å². The number of likely N-dealkylation sites (tertiary alicyclic amines) is 1. The largest absolute Gasteiger partial charge is 0.507 e. The first-order valence-corrected chi connectivity index (χ1v) is 11.1. The summed E-state index contributed by atoms with van der Waals surface area (Å²) >= 11 is 12.7. The van der Waals surface area contributed by atoms with Gasteiger partial charge in [-0.2, -0.15) is 0 Å². The Kier molecular flexibility index (Phi) is 6.61. The second-order valence-electron chi connectivity index (χ2n) is 7.82. The van der Waals surface area contributed by atoms with Gasteiger partial charge >= 0.3 is 0 Å². The van der Waals surface area contributed by atoms with Gasteiger partial charge in [-0.05, 0) is 38.0 Å². The molecule has 0 radical (unpaired) electrons. The zero-order valence-electron chi connectivity index (χ0n) is 18.3. The second kappa shape index (κ2) is 9.29. The van der Waals surface area contributed by atoms with E-state index < -0.39 is 23.5 Å². The van der Waals surface area contributed by atoms with E-state index in [0.29, 0.717) is 18.1 Å². The third-order valence-electron chi connectivity index (χ3n) is 5.79. The van der Waals surface area contributed by atoms with E-state index in [1.165, 1.54) is 25.2 Å². The average Bonchev–Trinajstić information content (AvgIpc) is 3.50. The number of Topliss-reactive ketones (excluding diaryl/α,β-unsaturated/α-hetero) is 1. The number of ketones is 1. The van der Waals surface area contributed by atoms with Crippen molar-refractivity contribution in [3.05, 3.63) is 50.9 Å². The smallest absolute Gasteiger partial charge is 0.295 e. The predicted octanol–water partition coefficient (Wildman–Crippen LogP) is 4.51. The van der Waals surface area contributed by atoms with Crippen molar-refractivity contribution in [3.63, 3.8) is 0 Å². The molecule has 1 aromatic heterocycles. The minimum Gasteiger partial charge on any atom is -0.507 e. The van der Waals surface area contributed by atoms with Crippen LogP contribution < -0.4 is 9.47 Å². The number of rotatable bonds is 6. The Balaban J connectivity index is 1.90. The van der Waals surface area contributed by atoms with Gasteiger partial charge in [0, 0.05) is 13.2 Å². The number of aliphatic hydroxyl groups is 1. The summed E-state index contributed by atoms with van der Waals surface area (Å²) in [5.74, 6) is -0.938. The van der Waals surface area contributed by atoms with Gasteiger partial charge in [-0.15, -0.1) is 0 Å². The van der Waals surface area contributed by atoms with E-state index >= 15 is 0 Å². The van der Waals surface area contributed by atoms with Gasteiger partial charge in [0.1, 0.15) is 28.3 Å². The molecule has 2 atom stereocenters. The van der Waals surface area contributed by atoms with Crippen LogP contribution in [0.5, 0.6) is 11.5 Å². The second-order valence-corrected chi connectivity index (χ2v) is 8.61. The van der Waals surface area contributed by atoms with Crippen LogP contribution in [0.4, 0.5) is 0 Å². The Morgan fingerprint density at radius 1 is 1.21 bits per heavy atom. The van der Waals surface area contributed by atoms with Gasteiger partial charge in [-0.3, -0.25) is 9.59 Å². The normalized spacial score (nSPS) is 22.3. The number of benzene rings is 1. The summed E-state index contributed by atoms with van der Waals surface area (Å²) in [6, 6.07) is 3.82. The molecule has 10 heteroatoms. The van der Waals surface area contributed by atoms with Gasteiger partial charge in [-0.25, -0.2) is 0 Å². The zero-order chi connectivity index (χ0) is 23.9. The van der Waals surface area contributed by atoms with E-state index in [2.05, 4.69) is 0 Å². The Morgan fingerprint density at radius 2 is 1.94 bits per heavy atom. The van der Waals surface area contributed by atoms with E-state index in [1.807, 2.05) is 0 Å². The number of aryl methyl sites for hydroxylation is 1. The summed E-state index contributed by atoms with van der Waals surface area (Å²) in [5.41, 5.74) is -0.0976. The molecule has 176 valence electrons. The molecule has 0 saturated carbocycles. The molecule has 2 saturated heterocycles. The molecule has 3 heterocycles. The summed E-state index contributed by atoms with van der Waals surface area (Å²) in [5, 5.41) is 11.4. The maximum absolute atomic E-state index is 13.2. The first-order valence-electron chi connectivity index (χ1n) is 10.3. The first kappa shape index (κ1) is 23.5. The molecule has 0 spiro atoms. The minimum absolute atomic E-state index is 0.0213. The van der Waals surface area contributed by atoms with Crippen molar-refractivity contribution in [2.75, 3.05) is 27.4 Å². The molecule has 1 N–H and O–H groups in total. The lowest BCUT2D eigenvalue weighted by atomic mass is 9.98. The van der Waals surface area contributed by atoms with Crippen molar-refractivity contribution in [1.82, 2.24) is 4.90 Å². The lowest BCUT2D eigenvalue weighted by Crippen LogP contribution is -2.36. The number of hydrogen-bond acceptors (Lipinski definition) is 7. The number of ether oxygens (including phenoxy) is 3. The molecule has 8 nitrogen and oxygen atoms in total. The van der Waals surface area contributed by atoms with E-state index in [-0.39, 0.29) is 45.3 Å². The third kappa shape index (κ3) is 4.07. The quantitative estimate of drug-likeness (QED) is 0.357. The number of methoxy groups -OCH3 is 2. The SMILES string of the molecule is COc1c(Cl)cc(/C(O)=C2\C(=O)C(=O)N(CC3CCCO3)C2c2ccc(C)o2)c(OC)c1Cl. The Labute approximate surface area is 200 Å². The molecule has 0 bridgehead atoms. The minimum atomic E-state index is -0.952. The Bertz CT molecular complexity index is 1130. The molecule has 33 heavy (non-hydrogen) atoms. The van der Waals surface area contributed by atoms with Gasteiger partial charge in [0.25, 0.3) is 11.7 Å². The molecule has 2 aliphatic rings. The van der Waals surface area contributed by atoms with Crippen molar-refractivity contribution >= 4 is 40.7 Å². The van der Waals surface area contributed by atoms with Crippen molar-refractivity contribution in [2.45, 2.75) is 31.9 Å². The zero-order valence-corrected chi connectivity index (χ0v) is 19.8. The number of halogens is 2. The third-order valence-corrected chi connectivity index (χ3v) is 6.41. The number of carbonyl (C=O) groups is 2. The van der Waals surface area contributed by atoms with E-state index in [0.717, 1.165) is 12.8 Å². The fourth-order valence-electron chi connectivity index (χ4n) is 4.26. The van der Waals surface area contributed by atoms with Crippen LogP contribution in [0, 0.1) is 6.92 Å². The van der Waals surface area contributed by atoms with Crippen molar-refractivity contribution in [2.24, 2.45) is 0 Å². The number of nitrogens with zero attached hydrogens (tertiary/aromatic N) is 1. The maximum atomic E-state index is 13.2. The van der Waals surface area contributed by atoms with Crippen LogP contribution in [-0.4, -0.2) is 55.2 Å². The fourth-order valence-corrected chi connectivity index (χ4v) is 4.95. The topological polar surface area (TPSA) is 98.4 Å². The summed E-state index contributed by atoms with van der Waals surface area (Å²) in [4.78, 5) is 27.6. The van der Waals surface area contributed by atoms with Crippen molar-refractivity contribution < 1.29 is 33.3 Å². The molecule has 2 fully saturated rings. The molecule has 1 aromatic carbocycles. The Hall–Kier alpha value is -2.68. The molecule has 4 rings (SSSR count). The lowest BCUT2D eigenvalue weighted by molar-refractivity contribution is -0.141. The van der Waals surface area contributed by atoms with Gasteiger partial charge in [-0.1, -0.05) is 23.2 Å². The summed E-state index contributed by atoms with van der Waals surface area (Å²) < 4.78 is 22.0. The van der Waals surface area contributed by atoms with E-state index in [1.54, 1.807) is 19.1 Å². The van der Waals surface area contributed by atoms with Gasteiger partial charge in [0.2, 0.25) is 0 Å². The standard InChI is InChI=1S/C23H23Cl2NO7/c1-11-6-7-15(33-11)18-16(20(28)23(29)26(18)10-12-5-4-8-32-12)19(27)13-9-14(24)22(31-3)17(25)21(13)30-2/h6-7,9,12,18,27H,4-5,8,10H2,1-3H3/b19-16+. The van der Waals surface area contributed by atoms with Crippen LogP contribution in [0.15, 0.2) is 28.2 Å². The Morgan fingerprint density at radius 3 is 2.52 bits per heavy atom. The molecule has 2 aliphatic heterocycles. The summed E-state index contributed by atoms with van der Waals surface area (Å²) in [6.45, 7) is 2.54. The first-order chi connectivity index (χ1) is 15.8. The molecular weight excluding hydrogens is 473 g/mol. The highest BCUT2D eigenvalue weighted by Gasteiger charge is 2.48. The summed E-state index contributed by atoms with van der Waals surface area (Å²) in [6.07, 6.45) is 1.44. The average molecular weight is 496 g/mol. The predicted molar refractivity (Wildman–Crippen MR) is 121 cm³/mol. The number of amides is 1. The number of carbonyl (C=O) groups excluding carboxylic acids is 2. The summed E-state index contributed by atoms with van der Waals surface area (Å²) in [7, 11) is 2.75. The van der Waals surface area contributed by atoms with E-state index in [9.17, 15) is 14.7 Å². The van der Waals surface area contributed by atoms with Crippen molar-refractivity contribution in [3.8, 4) is 11.5 Å². The maximum Gasteiger partial charge on any atom is 0.295 e. The molecular formula is C23H23Cl2NO7. The van der Waals surface area contributed by atoms with Crippen LogP contribution in [0.3, 0.4) is 0 Å². The molecule has 1 amide bonds. The lowest BCUT2D eigenvalue weighted by Gasteiger charge is -2.26. The molecule has 0 aliphatic carbocycles. The highest BCUT2D eigenvalue weighted by molar-refractivity contribution is 6.47. The number of furan rings is 1. The monoisotopic (exact) mass is 495 g/mol. The molecule has 2 aromatic rings. The van der Waals surface area contributed by atoms with Crippen LogP contribution in [-0.2, 0) is 14.3 Å². The molecule has 2 unspecified atom stereocenters. The highest BCUT2D eigenvalue weighted by atomic mass is 35.5. The fraction of sp³-hybridized carbons (Fsp3) is 0.391. The van der Waals surface area contributed by atoms with Gasteiger partial charge in [0.15, 0.2) is 11.5 Å². The van der Waals surface area contributed by atoms with Crippen LogP contribution in [0.2, 0.25) is 10.0 Å². The van der Waals surface area contributed by atoms with E-state index in [4.69, 9.17) is 41.8 Å². The number of hydrogen-bond donors (Lipinski definition) is 1. The van der Waals surface area contributed by atoms with Gasteiger partial charge in [0.05, 0.1) is 36.5 Å². The van der Waals surface area contributed by atoms with Crippen LogP contribution in [0.25, 0.3) is 5.76 Å². The van der Waals surface area contributed by atoms with Crippen LogP contribution >= 0.6 is 23.2 Å².